The molecule has 1 amide bonds. The third kappa shape index (κ3) is 4.68. The molecule has 8 heteroatoms. The molecule has 0 fully saturated rings. The minimum absolute atomic E-state index is 0.0532. The van der Waals surface area contributed by atoms with E-state index in [-0.39, 0.29) is 11.7 Å². The van der Waals surface area contributed by atoms with Gasteiger partial charge in [-0.1, -0.05) is 32.7 Å². The van der Waals surface area contributed by atoms with Crippen LogP contribution in [0.5, 0.6) is 5.75 Å². The van der Waals surface area contributed by atoms with Crippen molar-refractivity contribution >= 4 is 33.4 Å². The second-order valence-electron chi connectivity index (χ2n) is 7.04. The molecule has 0 bridgehead atoms. The highest BCUT2D eigenvalue weighted by Crippen LogP contribution is 2.31. The summed E-state index contributed by atoms with van der Waals surface area (Å²) in [5.41, 5.74) is 2.49. The topological polar surface area (TPSA) is 55.6 Å². The van der Waals surface area contributed by atoms with Gasteiger partial charge in [-0.2, -0.15) is 0 Å². The molecular weight excluding hydrogens is 475 g/mol. The van der Waals surface area contributed by atoms with Gasteiger partial charge < -0.3 is 14.2 Å². The Morgan fingerprint density at radius 2 is 2.07 bits per heavy atom. The first kappa shape index (κ1) is 20.9. The van der Waals surface area contributed by atoms with Crippen LogP contribution >= 0.6 is 27.5 Å². The fourth-order valence-electron chi connectivity index (χ4n) is 3.41. The molecule has 2 aromatic carbocycles. The Morgan fingerprint density at radius 1 is 1.27 bits per heavy atom. The number of carbonyl (C=O) groups is 1. The van der Waals surface area contributed by atoms with Gasteiger partial charge in [0.1, 0.15) is 11.6 Å². The van der Waals surface area contributed by atoms with E-state index in [4.69, 9.17) is 20.9 Å². The first-order valence-corrected chi connectivity index (χ1v) is 10.8. The number of benzene rings is 2. The smallest absolute Gasteiger partial charge is 0.223 e. The number of halogens is 3. The summed E-state index contributed by atoms with van der Waals surface area (Å²) in [5.74, 6) is 0.937. The van der Waals surface area contributed by atoms with Gasteiger partial charge in [0, 0.05) is 35.0 Å². The molecule has 3 aromatic rings. The highest BCUT2D eigenvalue weighted by atomic mass is 79.9. The van der Waals surface area contributed by atoms with Crippen LogP contribution in [0.4, 0.5) is 4.39 Å². The van der Waals surface area contributed by atoms with Gasteiger partial charge in [-0.3, -0.25) is 4.79 Å². The molecule has 1 aliphatic heterocycles. The van der Waals surface area contributed by atoms with Crippen LogP contribution in [-0.4, -0.2) is 29.1 Å². The van der Waals surface area contributed by atoms with Crippen molar-refractivity contribution in [1.82, 2.24) is 10.1 Å². The van der Waals surface area contributed by atoms with Crippen molar-refractivity contribution in [3.8, 4) is 17.1 Å². The summed E-state index contributed by atoms with van der Waals surface area (Å²) in [6.45, 7) is 1.44. The maximum Gasteiger partial charge on any atom is 0.223 e. The Kier molecular flexibility index (Phi) is 6.39. The molecule has 1 aliphatic rings. The Morgan fingerprint density at radius 3 is 2.83 bits per heavy atom. The molecule has 0 saturated heterocycles. The number of hydrogen-bond donors (Lipinski definition) is 0. The van der Waals surface area contributed by atoms with E-state index in [1.165, 1.54) is 12.1 Å². The summed E-state index contributed by atoms with van der Waals surface area (Å²) in [5, 5.41) is 4.66. The van der Waals surface area contributed by atoms with Gasteiger partial charge in [0.15, 0.2) is 5.76 Å². The maximum absolute atomic E-state index is 13.2. The Labute approximate surface area is 186 Å². The van der Waals surface area contributed by atoms with E-state index in [1.807, 2.05) is 6.07 Å². The van der Waals surface area contributed by atoms with Crippen LogP contribution in [-0.2, 0) is 17.8 Å². The molecule has 30 heavy (non-hydrogen) atoms. The van der Waals surface area contributed by atoms with Crippen molar-refractivity contribution < 1.29 is 18.4 Å². The third-order valence-corrected chi connectivity index (χ3v) is 5.77. The molecule has 2 heterocycles. The van der Waals surface area contributed by atoms with Crippen LogP contribution in [0, 0.1) is 5.82 Å². The van der Waals surface area contributed by atoms with E-state index in [0.717, 1.165) is 21.3 Å². The van der Waals surface area contributed by atoms with Gasteiger partial charge in [-0.25, -0.2) is 4.39 Å². The van der Waals surface area contributed by atoms with E-state index in [1.54, 1.807) is 29.2 Å². The lowest BCUT2D eigenvalue weighted by atomic mass is 10.0. The number of ether oxygens (including phenoxy) is 1. The Bertz CT molecular complexity index is 1060. The lowest BCUT2D eigenvalue weighted by molar-refractivity contribution is -0.132. The zero-order chi connectivity index (χ0) is 21.1. The average Bonchev–Trinajstić information content (AvgIpc) is 3.16. The van der Waals surface area contributed by atoms with E-state index < -0.39 is 0 Å². The summed E-state index contributed by atoms with van der Waals surface area (Å²) in [6, 6.07) is 11.5. The molecule has 5 nitrogen and oxygen atoms in total. The van der Waals surface area contributed by atoms with Crippen LogP contribution in [0.25, 0.3) is 11.3 Å². The molecule has 0 atom stereocenters. The van der Waals surface area contributed by atoms with Crippen molar-refractivity contribution in [3.63, 3.8) is 0 Å². The molecular formula is C22H19BrClFN2O3. The van der Waals surface area contributed by atoms with Gasteiger partial charge in [0.2, 0.25) is 5.91 Å². The Hall–Kier alpha value is -2.38. The molecule has 0 N–H and O–H groups in total. The molecule has 0 spiro atoms. The lowest BCUT2D eigenvalue weighted by Gasteiger charge is -2.26. The molecule has 156 valence electrons. The monoisotopic (exact) mass is 492 g/mol. The van der Waals surface area contributed by atoms with Gasteiger partial charge in [0.25, 0.3) is 0 Å². The number of nitrogens with zero attached hydrogens (tertiary/aromatic N) is 2. The van der Waals surface area contributed by atoms with Crippen molar-refractivity contribution in [2.24, 2.45) is 0 Å². The van der Waals surface area contributed by atoms with Crippen LogP contribution in [0.2, 0.25) is 5.02 Å². The van der Waals surface area contributed by atoms with Crippen molar-refractivity contribution in [2.75, 3.05) is 13.2 Å². The fraction of sp³-hybridized carbons (Fsp3) is 0.273. The number of aromatic nitrogens is 1. The average molecular weight is 494 g/mol. The highest BCUT2D eigenvalue weighted by molar-refractivity contribution is 9.10. The van der Waals surface area contributed by atoms with E-state index in [2.05, 4.69) is 21.1 Å². The van der Waals surface area contributed by atoms with Gasteiger partial charge in [0.05, 0.1) is 23.9 Å². The van der Waals surface area contributed by atoms with Crippen LogP contribution in [0.3, 0.4) is 0 Å². The molecule has 0 radical (unpaired) electrons. The lowest BCUT2D eigenvalue weighted by Crippen LogP contribution is -2.36. The summed E-state index contributed by atoms with van der Waals surface area (Å²) >= 11 is 9.49. The molecule has 1 aromatic heterocycles. The van der Waals surface area contributed by atoms with Crippen molar-refractivity contribution in [2.45, 2.75) is 25.8 Å². The molecule has 0 unspecified atom stereocenters. The summed E-state index contributed by atoms with van der Waals surface area (Å²) < 4.78 is 25.3. The maximum atomic E-state index is 13.2. The second kappa shape index (κ2) is 9.18. The quantitative estimate of drug-likeness (QED) is 0.417. The van der Waals surface area contributed by atoms with Crippen LogP contribution in [0.1, 0.15) is 24.1 Å². The predicted molar refractivity (Wildman–Crippen MR) is 115 cm³/mol. The summed E-state index contributed by atoms with van der Waals surface area (Å²) in [4.78, 5) is 14.5. The van der Waals surface area contributed by atoms with Crippen molar-refractivity contribution in [3.05, 3.63) is 69.0 Å². The zero-order valence-corrected chi connectivity index (χ0v) is 18.4. The van der Waals surface area contributed by atoms with E-state index in [0.29, 0.717) is 55.5 Å². The van der Waals surface area contributed by atoms with E-state index >= 15 is 0 Å². The number of rotatable bonds is 6. The highest BCUT2D eigenvalue weighted by Gasteiger charge is 2.27. The van der Waals surface area contributed by atoms with Gasteiger partial charge in [-0.05, 0) is 48.9 Å². The molecule has 0 aliphatic carbocycles. The molecule has 4 rings (SSSR count). The largest absolute Gasteiger partial charge is 0.492 e. The second-order valence-corrected chi connectivity index (χ2v) is 8.36. The zero-order valence-electron chi connectivity index (χ0n) is 16.0. The van der Waals surface area contributed by atoms with Crippen LogP contribution in [0.15, 0.2) is 51.5 Å². The minimum atomic E-state index is -0.310. The van der Waals surface area contributed by atoms with Gasteiger partial charge >= 0.3 is 0 Å². The summed E-state index contributed by atoms with van der Waals surface area (Å²) in [6.07, 6.45) is 1.60. The number of fused-ring (bicyclic) bond motifs is 1. The fourth-order valence-corrected chi connectivity index (χ4v) is 4.14. The normalized spacial score (nSPS) is 13.2. The third-order valence-electron chi connectivity index (χ3n) is 4.98. The predicted octanol–water partition coefficient (Wildman–Crippen LogP) is 5.64. The standard InChI is InChI=1S/C22H19BrClFN2O3/c23-15-5-8-20(18(24)12-15)29-11-1-2-21(28)27-10-9-19-17(13-27)22(30-26-19)14-3-6-16(25)7-4-14/h3-8,12H,1-2,9-11,13H2. The number of carbonyl (C=O) groups excluding carboxylic acids is 1. The van der Waals surface area contributed by atoms with Gasteiger partial charge in [-0.15, -0.1) is 0 Å². The number of amides is 1. The molecule has 0 saturated carbocycles. The minimum Gasteiger partial charge on any atom is -0.492 e. The summed E-state index contributed by atoms with van der Waals surface area (Å²) in [7, 11) is 0. The van der Waals surface area contributed by atoms with E-state index in [9.17, 15) is 9.18 Å². The first-order chi connectivity index (χ1) is 14.5. The number of hydrogen-bond acceptors (Lipinski definition) is 4. The van der Waals surface area contributed by atoms with Crippen LogP contribution < -0.4 is 4.74 Å². The first-order valence-electron chi connectivity index (χ1n) is 9.60. The Balaban J connectivity index is 1.33. The SMILES string of the molecule is O=C(CCCOc1ccc(Br)cc1Cl)N1CCc2noc(-c3ccc(F)cc3)c2C1. The van der Waals surface area contributed by atoms with Crippen molar-refractivity contribution in [1.29, 1.82) is 0 Å².